The molecule has 6 heteroatoms. The Balaban J connectivity index is 2.02. The first kappa shape index (κ1) is 19.6. The lowest BCUT2D eigenvalue weighted by Gasteiger charge is -2.21. The van der Waals surface area contributed by atoms with Crippen LogP contribution in [-0.4, -0.2) is 23.9 Å². The van der Waals surface area contributed by atoms with E-state index in [1.165, 1.54) is 11.6 Å². The molecule has 6 nitrogen and oxygen atoms in total. The predicted octanol–water partition coefficient (Wildman–Crippen LogP) is 2.76. The number of carbonyl (C=O) groups is 1. The minimum atomic E-state index is -0.493. The number of quaternary nitrogens is 1. The number of para-hydroxylation sites is 2. The van der Waals surface area contributed by atoms with Crippen molar-refractivity contribution in [2.75, 3.05) is 12.4 Å². The largest absolute Gasteiger partial charge is 0.324 e. The number of hydrogen-bond acceptors (Lipinski definition) is 3. The van der Waals surface area contributed by atoms with Gasteiger partial charge in [-0.15, -0.1) is 0 Å². The third kappa shape index (κ3) is 4.89. The molecule has 0 heterocycles. The Hall–Kier alpha value is -2.73. The number of rotatable bonds is 7. The van der Waals surface area contributed by atoms with Crippen molar-refractivity contribution in [3.63, 3.8) is 0 Å². The molecule has 0 radical (unpaired) electrons. The van der Waals surface area contributed by atoms with Gasteiger partial charge in [0.25, 0.3) is 11.6 Å². The van der Waals surface area contributed by atoms with Crippen LogP contribution in [0.15, 0.2) is 48.5 Å². The molecule has 0 spiro atoms. The summed E-state index contributed by atoms with van der Waals surface area (Å²) in [5, 5.41) is 13.8. The molecule has 2 atom stereocenters. The molecule has 0 aliphatic heterocycles. The van der Waals surface area contributed by atoms with Crippen molar-refractivity contribution in [3.05, 3.63) is 69.8 Å². The number of nitro groups is 1. The van der Waals surface area contributed by atoms with E-state index in [1.807, 2.05) is 14.0 Å². The number of nitrogens with one attached hydrogen (secondary N) is 2. The fourth-order valence-corrected chi connectivity index (χ4v) is 2.70. The van der Waals surface area contributed by atoms with E-state index in [-0.39, 0.29) is 23.3 Å². The lowest BCUT2D eigenvalue weighted by atomic mass is 10.0. The SMILES string of the molecule is CC(C)c1ccc(C[NH+](C)[C@H](C)C(=O)Nc2ccccc2[N+](=O)[O-])cc1. The second kappa shape index (κ2) is 8.58. The molecule has 0 fully saturated rings. The summed E-state index contributed by atoms with van der Waals surface area (Å²) in [6.45, 7) is 6.83. The van der Waals surface area contributed by atoms with Crippen molar-refractivity contribution in [2.24, 2.45) is 0 Å². The highest BCUT2D eigenvalue weighted by Crippen LogP contribution is 2.23. The molecule has 2 rings (SSSR count). The summed E-state index contributed by atoms with van der Waals surface area (Å²) in [6, 6.07) is 14.2. The van der Waals surface area contributed by atoms with E-state index in [0.29, 0.717) is 12.5 Å². The van der Waals surface area contributed by atoms with Gasteiger partial charge >= 0.3 is 0 Å². The Bertz CT molecular complexity index is 772. The predicted molar refractivity (Wildman–Crippen MR) is 102 cm³/mol. The molecule has 2 N–H and O–H groups in total. The number of hydrogen-bond donors (Lipinski definition) is 2. The van der Waals surface area contributed by atoms with Crippen LogP contribution in [0.3, 0.4) is 0 Å². The molecule has 2 aromatic rings. The topological polar surface area (TPSA) is 76.7 Å². The van der Waals surface area contributed by atoms with E-state index in [4.69, 9.17) is 0 Å². The van der Waals surface area contributed by atoms with Gasteiger partial charge in [-0.3, -0.25) is 14.9 Å². The fourth-order valence-electron chi connectivity index (χ4n) is 2.70. The van der Waals surface area contributed by atoms with Gasteiger partial charge in [0.15, 0.2) is 6.04 Å². The Morgan fingerprint density at radius 2 is 1.73 bits per heavy atom. The van der Waals surface area contributed by atoms with Crippen molar-refractivity contribution in [3.8, 4) is 0 Å². The van der Waals surface area contributed by atoms with Crippen molar-refractivity contribution in [2.45, 2.75) is 39.3 Å². The first-order chi connectivity index (χ1) is 12.3. The average molecular weight is 356 g/mol. The maximum atomic E-state index is 12.5. The van der Waals surface area contributed by atoms with Crippen LogP contribution in [0.25, 0.3) is 0 Å². The van der Waals surface area contributed by atoms with Gasteiger partial charge in [0, 0.05) is 11.6 Å². The summed E-state index contributed by atoms with van der Waals surface area (Å²) in [7, 11) is 1.94. The highest BCUT2D eigenvalue weighted by molar-refractivity contribution is 5.95. The zero-order valence-electron chi connectivity index (χ0n) is 15.7. The van der Waals surface area contributed by atoms with E-state index in [2.05, 4.69) is 43.4 Å². The molecule has 0 aromatic heterocycles. The number of likely N-dealkylation sites (N-methyl/N-ethyl adjacent to an activating group) is 1. The Kier molecular flexibility index (Phi) is 6.46. The number of benzene rings is 2. The summed E-state index contributed by atoms with van der Waals surface area (Å²) in [5.41, 5.74) is 2.56. The zero-order valence-corrected chi connectivity index (χ0v) is 15.7. The molecule has 0 bridgehead atoms. The molecule has 2 aromatic carbocycles. The van der Waals surface area contributed by atoms with Gasteiger partial charge in [-0.1, -0.05) is 50.2 Å². The van der Waals surface area contributed by atoms with E-state index >= 15 is 0 Å². The molecule has 0 saturated carbocycles. The molecular formula is C20H26N3O3+. The molecule has 0 aliphatic rings. The van der Waals surface area contributed by atoms with Crippen molar-refractivity contribution in [1.29, 1.82) is 0 Å². The van der Waals surface area contributed by atoms with Gasteiger partial charge in [0.2, 0.25) is 0 Å². The minimum Gasteiger partial charge on any atom is -0.324 e. The summed E-state index contributed by atoms with van der Waals surface area (Å²) in [4.78, 5) is 24.1. The number of anilines is 1. The molecule has 0 saturated heterocycles. The number of amides is 1. The van der Waals surface area contributed by atoms with Crippen LogP contribution in [0.2, 0.25) is 0 Å². The van der Waals surface area contributed by atoms with Crippen molar-refractivity contribution >= 4 is 17.3 Å². The highest BCUT2D eigenvalue weighted by atomic mass is 16.6. The third-order valence-corrected chi connectivity index (χ3v) is 4.62. The lowest BCUT2D eigenvalue weighted by Crippen LogP contribution is -3.12. The van der Waals surface area contributed by atoms with Crippen LogP contribution < -0.4 is 10.2 Å². The standard InChI is InChI=1S/C20H25N3O3/c1-14(2)17-11-9-16(10-12-17)13-22(4)15(3)20(24)21-18-7-5-6-8-19(18)23(25)26/h5-12,14-15H,13H2,1-4H3,(H,21,24)/p+1/t15-/m1/s1. The summed E-state index contributed by atoms with van der Waals surface area (Å²) in [6.07, 6.45) is 0. The van der Waals surface area contributed by atoms with E-state index < -0.39 is 4.92 Å². The van der Waals surface area contributed by atoms with Crippen LogP contribution in [0.5, 0.6) is 0 Å². The van der Waals surface area contributed by atoms with Crippen LogP contribution in [0.1, 0.15) is 37.8 Å². The number of carbonyl (C=O) groups excluding carboxylic acids is 1. The summed E-state index contributed by atoms with van der Waals surface area (Å²) in [5.74, 6) is 0.246. The van der Waals surface area contributed by atoms with Gasteiger partial charge in [-0.05, 0) is 24.5 Å². The van der Waals surface area contributed by atoms with Crippen molar-refractivity contribution < 1.29 is 14.6 Å². The monoisotopic (exact) mass is 356 g/mol. The van der Waals surface area contributed by atoms with E-state index in [0.717, 1.165) is 10.5 Å². The lowest BCUT2D eigenvalue weighted by molar-refractivity contribution is -0.907. The second-order valence-corrected chi connectivity index (χ2v) is 6.90. The molecule has 138 valence electrons. The molecule has 26 heavy (non-hydrogen) atoms. The average Bonchev–Trinajstić information content (AvgIpc) is 2.61. The van der Waals surface area contributed by atoms with Gasteiger partial charge in [0.1, 0.15) is 12.2 Å². The van der Waals surface area contributed by atoms with E-state index in [9.17, 15) is 14.9 Å². The smallest absolute Gasteiger partial charge is 0.292 e. The first-order valence-electron chi connectivity index (χ1n) is 8.75. The normalized spacial score (nSPS) is 13.3. The van der Waals surface area contributed by atoms with Crippen molar-refractivity contribution in [1.82, 2.24) is 0 Å². The minimum absolute atomic E-state index is 0.102. The Labute approximate surface area is 154 Å². The van der Waals surface area contributed by atoms with Crippen LogP contribution in [0.4, 0.5) is 11.4 Å². The van der Waals surface area contributed by atoms with Gasteiger partial charge in [0.05, 0.1) is 12.0 Å². The van der Waals surface area contributed by atoms with E-state index in [1.54, 1.807) is 18.2 Å². The number of nitrogens with zero attached hydrogens (tertiary/aromatic N) is 1. The number of nitro benzene ring substituents is 1. The fraction of sp³-hybridized carbons (Fsp3) is 0.350. The van der Waals surface area contributed by atoms with Gasteiger partial charge < -0.3 is 10.2 Å². The van der Waals surface area contributed by atoms with Crippen LogP contribution in [0, 0.1) is 10.1 Å². The molecular weight excluding hydrogens is 330 g/mol. The Morgan fingerprint density at radius 1 is 1.12 bits per heavy atom. The maximum Gasteiger partial charge on any atom is 0.292 e. The molecule has 0 aliphatic carbocycles. The molecule has 1 amide bonds. The molecule has 1 unspecified atom stereocenters. The quantitative estimate of drug-likeness (QED) is 0.592. The summed E-state index contributed by atoms with van der Waals surface area (Å²) >= 11 is 0. The Morgan fingerprint density at radius 3 is 2.31 bits per heavy atom. The summed E-state index contributed by atoms with van der Waals surface area (Å²) < 4.78 is 0. The first-order valence-corrected chi connectivity index (χ1v) is 8.75. The van der Waals surface area contributed by atoms with Gasteiger partial charge in [-0.2, -0.15) is 0 Å². The third-order valence-electron chi connectivity index (χ3n) is 4.62. The highest BCUT2D eigenvalue weighted by Gasteiger charge is 2.24. The van der Waals surface area contributed by atoms with Crippen LogP contribution in [-0.2, 0) is 11.3 Å². The zero-order chi connectivity index (χ0) is 19.3. The van der Waals surface area contributed by atoms with Crippen LogP contribution >= 0.6 is 0 Å². The van der Waals surface area contributed by atoms with Gasteiger partial charge in [-0.25, -0.2) is 0 Å². The maximum absolute atomic E-state index is 12.5. The second-order valence-electron chi connectivity index (χ2n) is 6.90.